The summed E-state index contributed by atoms with van der Waals surface area (Å²) in [5.41, 5.74) is -0.786. The molecule has 0 bridgehead atoms. The van der Waals surface area contributed by atoms with Crippen molar-refractivity contribution >= 4 is 17.6 Å². The number of carboxylic acid groups (broad SMARTS) is 1. The van der Waals surface area contributed by atoms with Gasteiger partial charge in [0.25, 0.3) is 0 Å². The van der Waals surface area contributed by atoms with Gasteiger partial charge in [0.1, 0.15) is 5.82 Å². The molecular formula is C13H17FN2O3. The van der Waals surface area contributed by atoms with E-state index in [9.17, 15) is 14.0 Å². The number of nitrogens with one attached hydrogen (secondary N) is 2. The fourth-order valence-corrected chi connectivity index (χ4v) is 1.51. The summed E-state index contributed by atoms with van der Waals surface area (Å²) in [4.78, 5) is 22.5. The van der Waals surface area contributed by atoms with E-state index in [4.69, 9.17) is 5.11 Å². The highest BCUT2D eigenvalue weighted by Gasteiger charge is 2.17. The predicted octanol–water partition coefficient (Wildman–Crippen LogP) is 1.85. The van der Waals surface area contributed by atoms with Crippen LogP contribution in [0.15, 0.2) is 18.2 Å². The Balaban J connectivity index is 2.78. The Bertz CT molecular complexity index is 495. The molecule has 1 rings (SSSR count). The fraction of sp³-hybridized carbons (Fsp3) is 0.385. The van der Waals surface area contributed by atoms with Gasteiger partial charge < -0.3 is 15.7 Å². The number of hydrogen-bond donors (Lipinski definition) is 3. The van der Waals surface area contributed by atoms with Crippen molar-refractivity contribution in [3.63, 3.8) is 0 Å². The van der Waals surface area contributed by atoms with Crippen molar-refractivity contribution < 1.29 is 19.1 Å². The minimum atomic E-state index is -1.25. The van der Waals surface area contributed by atoms with Crippen molar-refractivity contribution in [3.8, 4) is 0 Å². The maximum atomic E-state index is 13.5. The first-order valence-corrected chi connectivity index (χ1v) is 5.77. The lowest BCUT2D eigenvalue weighted by atomic mass is 10.1. The molecule has 0 fully saturated rings. The van der Waals surface area contributed by atoms with Crippen LogP contribution in [0, 0.1) is 5.82 Å². The van der Waals surface area contributed by atoms with Crippen molar-refractivity contribution in [2.24, 2.45) is 0 Å². The number of halogens is 1. The lowest BCUT2D eigenvalue weighted by Crippen LogP contribution is -2.43. The zero-order valence-corrected chi connectivity index (χ0v) is 11.1. The Hall–Kier alpha value is -2.11. The highest BCUT2D eigenvalue weighted by atomic mass is 19.1. The Kier molecular flexibility index (Phi) is 4.47. The largest absolute Gasteiger partial charge is 0.478 e. The summed E-state index contributed by atoms with van der Waals surface area (Å²) < 4.78 is 13.5. The summed E-state index contributed by atoms with van der Waals surface area (Å²) in [5, 5.41) is 14.1. The van der Waals surface area contributed by atoms with Gasteiger partial charge in [-0.25, -0.2) is 9.18 Å². The van der Waals surface area contributed by atoms with E-state index in [1.807, 2.05) is 20.8 Å². The number of hydrogen-bond acceptors (Lipinski definition) is 3. The highest BCUT2D eigenvalue weighted by Crippen LogP contribution is 2.19. The lowest BCUT2D eigenvalue weighted by Gasteiger charge is -2.21. The molecule has 0 aliphatic heterocycles. The van der Waals surface area contributed by atoms with E-state index in [2.05, 4.69) is 10.6 Å². The molecule has 0 saturated heterocycles. The molecule has 0 aliphatic rings. The number of rotatable bonds is 4. The second kappa shape index (κ2) is 5.69. The van der Waals surface area contributed by atoms with Crippen LogP contribution < -0.4 is 10.6 Å². The van der Waals surface area contributed by atoms with Gasteiger partial charge in [-0.1, -0.05) is 6.07 Å². The molecule has 1 aromatic rings. The van der Waals surface area contributed by atoms with E-state index in [1.165, 1.54) is 12.1 Å². The molecule has 0 heterocycles. The van der Waals surface area contributed by atoms with Gasteiger partial charge >= 0.3 is 5.97 Å². The molecule has 5 nitrogen and oxygen atoms in total. The van der Waals surface area contributed by atoms with Crippen LogP contribution in [0.4, 0.5) is 10.1 Å². The monoisotopic (exact) mass is 268 g/mol. The lowest BCUT2D eigenvalue weighted by molar-refractivity contribution is -0.120. The molecule has 1 aromatic carbocycles. The fourth-order valence-electron chi connectivity index (χ4n) is 1.51. The third kappa shape index (κ3) is 4.57. The first-order valence-electron chi connectivity index (χ1n) is 5.77. The first-order chi connectivity index (χ1) is 8.70. The molecule has 104 valence electrons. The molecule has 6 heteroatoms. The Morgan fingerprint density at radius 2 is 1.95 bits per heavy atom. The van der Waals surface area contributed by atoms with Crippen LogP contribution in [0.2, 0.25) is 0 Å². The Labute approximate surface area is 110 Å². The third-order valence-corrected chi connectivity index (χ3v) is 2.18. The number of anilines is 1. The number of carbonyl (C=O) groups excluding carboxylic acids is 1. The zero-order valence-electron chi connectivity index (χ0n) is 11.1. The van der Waals surface area contributed by atoms with E-state index < -0.39 is 17.3 Å². The molecule has 0 unspecified atom stereocenters. The minimum Gasteiger partial charge on any atom is -0.478 e. The van der Waals surface area contributed by atoms with Crippen molar-refractivity contribution in [1.82, 2.24) is 5.32 Å². The molecule has 19 heavy (non-hydrogen) atoms. The molecule has 0 aliphatic carbocycles. The van der Waals surface area contributed by atoms with Gasteiger partial charge in [0.2, 0.25) is 5.91 Å². The van der Waals surface area contributed by atoms with Gasteiger partial charge in [0.05, 0.1) is 17.8 Å². The average molecular weight is 268 g/mol. The Morgan fingerprint density at radius 1 is 1.32 bits per heavy atom. The summed E-state index contributed by atoms with van der Waals surface area (Å²) in [6, 6.07) is 3.71. The molecule has 0 saturated carbocycles. The van der Waals surface area contributed by atoms with Crippen LogP contribution in [0.3, 0.4) is 0 Å². The van der Waals surface area contributed by atoms with Gasteiger partial charge in [0, 0.05) is 5.54 Å². The third-order valence-electron chi connectivity index (χ3n) is 2.18. The second-order valence-electron chi connectivity index (χ2n) is 5.12. The maximum Gasteiger partial charge on any atom is 0.337 e. The SMILES string of the molecule is CC(C)(C)NC(=O)CNc1c(F)cccc1C(=O)O. The molecule has 0 spiro atoms. The van der Waals surface area contributed by atoms with Crippen LogP contribution in [-0.4, -0.2) is 29.1 Å². The number of carbonyl (C=O) groups is 2. The number of carboxylic acids is 1. The molecule has 0 atom stereocenters. The predicted molar refractivity (Wildman–Crippen MR) is 69.7 cm³/mol. The van der Waals surface area contributed by atoms with E-state index in [1.54, 1.807) is 0 Å². The smallest absolute Gasteiger partial charge is 0.337 e. The molecule has 1 amide bonds. The summed E-state index contributed by atoms with van der Waals surface area (Å²) in [7, 11) is 0. The van der Waals surface area contributed by atoms with Crippen LogP contribution in [0.25, 0.3) is 0 Å². The van der Waals surface area contributed by atoms with Gasteiger partial charge in [0.15, 0.2) is 0 Å². The topological polar surface area (TPSA) is 78.4 Å². The zero-order chi connectivity index (χ0) is 14.6. The van der Waals surface area contributed by atoms with Crippen molar-refractivity contribution in [2.45, 2.75) is 26.3 Å². The number of benzene rings is 1. The van der Waals surface area contributed by atoms with Crippen molar-refractivity contribution in [3.05, 3.63) is 29.6 Å². The number of aromatic carboxylic acids is 1. The molecule has 0 radical (unpaired) electrons. The summed E-state index contributed by atoms with van der Waals surface area (Å²) in [5.74, 6) is -2.30. The average Bonchev–Trinajstić information content (AvgIpc) is 2.24. The maximum absolute atomic E-state index is 13.5. The van der Waals surface area contributed by atoms with Crippen molar-refractivity contribution in [1.29, 1.82) is 0 Å². The standard InChI is InChI=1S/C13H17FN2O3/c1-13(2,3)16-10(17)7-15-11-8(12(18)19)5-4-6-9(11)14/h4-6,15H,7H2,1-3H3,(H,16,17)(H,18,19). The number of para-hydroxylation sites is 1. The first kappa shape index (κ1) is 14.9. The van der Waals surface area contributed by atoms with Gasteiger partial charge in [-0.2, -0.15) is 0 Å². The summed E-state index contributed by atoms with van der Waals surface area (Å²) in [6.07, 6.45) is 0. The van der Waals surface area contributed by atoms with Gasteiger partial charge in [-0.3, -0.25) is 4.79 Å². The van der Waals surface area contributed by atoms with Crippen LogP contribution in [-0.2, 0) is 4.79 Å². The van der Waals surface area contributed by atoms with Crippen LogP contribution >= 0.6 is 0 Å². The van der Waals surface area contributed by atoms with Gasteiger partial charge in [-0.15, -0.1) is 0 Å². The molecule has 3 N–H and O–H groups in total. The summed E-state index contributed by atoms with van der Waals surface area (Å²) >= 11 is 0. The minimum absolute atomic E-state index is 0.181. The number of amides is 1. The van der Waals surface area contributed by atoms with Gasteiger partial charge in [-0.05, 0) is 32.9 Å². The van der Waals surface area contributed by atoms with E-state index >= 15 is 0 Å². The normalized spacial score (nSPS) is 10.9. The summed E-state index contributed by atoms with van der Waals surface area (Å²) in [6.45, 7) is 5.25. The molecular weight excluding hydrogens is 251 g/mol. The van der Waals surface area contributed by atoms with E-state index in [0.29, 0.717) is 0 Å². The molecule has 0 aromatic heterocycles. The van der Waals surface area contributed by atoms with Crippen LogP contribution in [0.5, 0.6) is 0 Å². The van der Waals surface area contributed by atoms with E-state index in [0.717, 1.165) is 6.07 Å². The van der Waals surface area contributed by atoms with Crippen molar-refractivity contribution in [2.75, 3.05) is 11.9 Å². The Morgan fingerprint density at radius 3 is 2.47 bits per heavy atom. The highest BCUT2D eigenvalue weighted by molar-refractivity contribution is 5.95. The second-order valence-corrected chi connectivity index (χ2v) is 5.12. The van der Waals surface area contributed by atoms with E-state index in [-0.39, 0.29) is 23.7 Å². The quantitative estimate of drug-likeness (QED) is 0.778. The van der Waals surface area contributed by atoms with Crippen LogP contribution in [0.1, 0.15) is 31.1 Å².